The second kappa shape index (κ2) is 5.90. The van der Waals surface area contributed by atoms with Gasteiger partial charge in [0.05, 0.1) is 0 Å². The summed E-state index contributed by atoms with van der Waals surface area (Å²) in [6, 6.07) is 4.13. The number of aldehydes is 1. The van der Waals surface area contributed by atoms with Gasteiger partial charge in [-0.2, -0.15) is 13.2 Å². The van der Waals surface area contributed by atoms with Crippen LogP contribution in [0.1, 0.15) is 16.2 Å². The molecule has 0 fully saturated rings. The second-order valence-electron chi connectivity index (χ2n) is 4.29. The zero-order valence-corrected chi connectivity index (χ0v) is 11.0. The highest BCUT2D eigenvalue weighted by Crippen LogP contribution is 2.26. The van der Waals surface area contributed by atoms with E-state index in [0.717, 1.165) is 0 Å². The van der Waals surface area contributed by atoms with E-state index in [1.165, 1.54) is 18.2 Å². The summed E-state index contributed by atoms with van der Waals surface area (Å²) in [6.45, 7) is 0.316. The number of rotatable bonds is 4. The van der Waals surface area contributed by atoms with Crippen molar-refractivity contribution in [2.24, 2.45) is 0 Å². The topological polar surface area (TPSA) is 52.1 Å². The summed E-state index contributed by atoms with van der Waals surface area (Å²) in [4.78, 5) is 19.1. The Morgan fingerprint density at radius 2 is 1.90 bits per heavy atom. The second-order valence-corrected chi connectivity index (χ2v) is 4.29. The maximum atomic E-state index is 12.1. The SMILES string of the molecule is Cc1ncc(-c2ccc(OCC(F)(F)F)cc2C=O)cn1. The monoisotopic (exact) mass is 296 g/mol. The van der Waals surface area contributed by atoms with Crippen LogP contribution in [0.3, 0.4) is 0 Å². The van der Waals surface area contributed by atoms with Gasteiger partial charge in [0.25, 0.3) is 0 Å². The van der Waals surface area contributed by atoms with Gasteiger partial charge in [-0.05, 0) is 30.7 Å². The molecule has 2 aromatic rings. The molecule has 0 amide bonds. The highest BCUT2D eigenvalue weighted by atomic mass is 19.4. The molecule has 7 heteroatoms. The summed E-state index contributed by atoms with van der Waals surface area (Å²) in [5.74, 6) is 0.558. The minimum Gasteiger partial charge on any atom is -0.484 e. The van der Waals surface area contributed by atoms with E-state index >= 15 is 0 Å². The number of ether oxygens (including phenoxy) is 1. The van der Waals surface area contributed by atoms with Crippen LogP contribution < -0.4 is 4.74 Å². The quantitative estimate of drug-likeness (QED) is 0.813. The van der Waals surface area contributed by atoms with E-state index in [1.54, 1.807) is 19.3 Å². The normalized spacial score (nSPS) is 11.2. The Kier molecular flexibility index (Phi) is 4.21. The zero-order chi connectivity index (χ0) is 15.5. The van der Waals surface area contributed by atoms with Gasteiger partial charge in [0, 0.05) is 23.5 Å². The van der Waals surface area contributed by atoms with E-state index in [4.69, 9.17) is 0 Å². The molecule has 0 spiro atoms. The first-order valence-corrected chi connectivity index (χ1v) is 5.97. The van der Waals surface area contributed by atoms with E-state index in [9.17, 15) is 18.0 Å². The molecule has 4 nitrogen and oxygen atoms in total. The van der Waals surface area contributed by atoms with Crippen LogP contribution in [0, 0.1) is 6.92 Å². The van der Waals surface area contributed by atoms with Crippen LogP contribution in [-0.4, -0.2) is 29.0 Å². The molecule has 0 radical (unpaired) electrons. The van der Waals surface area contributed by atoms with Gasteiger partial charge in [-0.15, -0.1) is 0 Å². The third-order valence-corrected chi connectivity index (χ3v) is 2.64. The molecule has 2 rings (SSSR count). The van der Waals surface area contributed by atoms with E-state index < -0.39 is 12.8 Å². The van der Waals surface area contributed by atoms with Crippen LogP contribution in [0.4, 0.5) is 13.2 Å². The predicted octanol–water partition coefficient (Wildman–Crippen LogP) is 3.21. The fraction of sp³-hybridized carbons (Fsp3) is 0.214. The molecule has 1 aromatic heterocycles. The Hall–Kier alpha value is -2.44. The van der Waals surface area contributed by atoms with Gasteiger partial charge in [-0.3, -0.25) is 4.79 Å². The zero-order valence-electron chi connectivity index (χ0n) is 11.0. The maximum Gasteiger partial charge on any atom is 0.422 e. The molecule has 1 heterocycles. The van der Waals surface area contributed by atoms with Crippen LogP contribution in [0.2, 0.25) is 0 Å². The van der Waals surface area contributed by atoms with E-state index in [1.807, 2.05) is 0 Å². The number of carbonyl (C=O) groups excluding carboxylic acids is 1. The lowest BCUT2D eigenvalue weighted by molar-refractivity contribution is -0.153. The van der Waals surface area contributed by atoms with Crippen molar-refractivity contribution in [2.75, 3.05) is 6.61 Å². The molecule has 0 saturated carbocycles. The van der Waals surface area contributed by atoms with Crippen molar-refractivity contribution in [2.45, 2.75) is 13.1 Å². The predicted molar refractivity (Wildman–Crippen MR) is 69.1 cm³/mol. The summed E-state index contributed by atoms with van der Waals surface area (Å²) in [5.41, 5.74) is 1.34. The fourth-order valence-corrected chi connectivity index (χ4v) is 1.69. The molecule has 21 heavy (non-hydrogen) atoms. The Balaban J connectivity index is 2.28. The summed E-state index contributed by atoms with van der Waals surface area (Å²) in [5, 5.41) is 0. The number of hydrogen-bond acceptors (Lipinski definition) is 4. The summed E-state index contributed by atoms with van der Waals surface area (Å²) >= 11 is 0. The van der Waals surface area contributed by atoms with Gasteiger partial charge >= 0.3 is 6.18 Å². The van der Waals surface area contributed by atoms with E-state index in [0.29, 0.717) is 23.2 Å². The molecule has 0 N–H and O–H groups in total. The van der Waals surface area contributed by atoms with E-state index in [2.05, 4.69) is 14.7 Å². The first-order chi connectivity index (χ1) is 9.89. The number of nitrogens with zero attached hydrogens (tertiary/aromatic N) is 2. The average Bonchev–Trinajstić information content (AvgIpc) is 2.45. The number of hydrogen-bond donors (Lipinski definition) is 0. The average molecular weight is 296 g/mol. The van der Waals surface area contributed by atoms with Crippen LogP contribution in [-0.2, 0) is 0 Å². The third-order valence-electron chi connectivity index (χ3n) is 2.64. The number of aryl methyl sites for hydroxylation is 1. The highest BCUT2D eigenvalue weighted by Gasteiger charge is 2.28. The van der Waals surface area contributed by atoms with Crippen LogP contribution in [0.25, 0.3) is 11.1 Å². The highest BCUT2D eigenvalue weighted by molar-refractivity contribution is 5.87. The van der Waals surface area contributed by atoms with Crippen molar-refractivity contribution in [3.8, 4) is 16.9 Å². The minimum atomic E-state index is -4.43. The number of alkyl halides is 3. The molecule has 0 aliphatic heterocycles. The van der Waals surface area contributed by atoms with E-state index in [-0.39, 0.29) is 11.3 Å². The van der Waals surface area contributed by atoms with Gasteiger partial charge in [-0.1, -0.05) is 0 Å². The number of carbonyl (C=O) groups is 1. The van der Waals surface area contributed by atoms with Gasteiger partial charge in [0.2, 0.25) is 0 Å². The van der Waals surface area contributed by atoms with Gasteiger partial charge in [0.1, 0.15) is 11.6 Å². The lowest BCUT2D eigenvalue weighted by Gasteiger charge is -2.11. The minimum absolute atomic E-state index is 0.0220. The smallest absolute Gasteiger partial charge is 0.422 e. The first kappa shape index (κ1) is 15.0. The molecule has 0 saturated heterocycles. The van der Waals surface area contributed by atoms with Gasteiger partial charge in [-0.25, -0.2) is 9.97 Å². The number of benzene rings is 1. The van der Waals surface area contributed by atoms with Gasteiger partial charge < -0.3 is 4.74 Å². The molecular weight excluding hydrogens is 285 g/mol. The first-order valence-electron chi connectivity index (χ1n) is 5.97. The largest absolute Gasteiger partial charge is 0.484 e. The molecular formula is C14H11F3N2O2. The third kappa shape index (κ3) is 4.01. The Morgan fingerprint density at radius 1 is 1.24 bits per heavy atom. The summed E-state index contributed by atoms with van der Waals surface area (Å²) in [7, 11) is 0. The van der Waals surface area contributed by atoms with Crippen molar-refractivity contribution in [1.29, 1.82) is 0 Å². The Morgan fingerprint density at radius 3 is 2.48 bits per heavy atom. The molecule has 1 aromatic carbocycles. The Labute approximate surface area is 118 Å². The standard InChI is InChI=1S/C14H11F3N2O2/c1-9-18-5-11(6-19-9)13-3-2-12(4-10(13)7-20)21-8-14(15,16)17/h2-7H,8H2,1H3. The van der Waals surface area contributed by atoms with Crippen molar-refractivity contribution in [3.63, 3.8) is 0 Å². The summed E-state index contributed by atoms with van der Waals surface area (Å²) < 4.78 is 40.9. The fourth-order valence-electron chi connectivity index (χ4n) is 1.69. The van der Waals surface area contributed by atoms with Crippen LogP contribution in [0.15, 0.2) is 30.6 Å². The van der Waals surface area contributed by atoms with Crippen LogP contribution in [0.5, 0.6) is 5.75 Å². The molecule has 0 aliphatic carbocycles. The molecule has 0 bridgehead atoms. The molecule has 0 aliphatic rings. The van der Waals surface area contributed by atoms with Crippen molar-refractivity contribution < 1.29 is 22.7 Å². The molecule has 110 valence electrons. The van der Waals surface area contributed by atoms with Crippen molar-refractivity contribution >= 4 is 6.29 Å². The number of aromatic nitrogens is 2. The number of halogens is 3. The lowest BCUT2D eigenvalue weighted by atomic mass is 10.0. The molecule has 0 unspecified atom stereocenters. The van der Waals surface area contributed by atoms with Crippen molar-refractivity contribution in [1.82, 2.24) is 9.97 Å². The van der Waals surface area contributed by atoms with Gasteiger partial charge in [0.15, 0.2) is 12.9 Å². The van der Waals surface area contributed by atoms with Crippen molar-refractivity contribution in [3.05, 3.63) is 42.0 Å². The lowest BCUT2D eigenvalue weighted by Crippen LogP contribution is -2.19. The Bertz CT molecular complexity index is 640. The molecule has 0 atom stereocenters. The maximum absolute atomic E-state index is 12.1. The summed E-state index contributed by atoms with van der Waals surface area (Å²) in [6.07, 6.45) is -0.789. The van der Waals surface area contributed by atoms with Crippen LogP contribution >= 0.6 is 0 Å².